The van der Waals surface area contributed by atoms with Gasteiger partial charge in [0.15, 0.2) is 0 Å². The summed E-state index contributed by atoms with van der Waals surface area (Å²) in [6, 6.07) is 8.54. The molecule has 4 nitrogen and oxygen atoms in total. The predicted molar refractivity (Wildman–Crippen MR) is 187 cm³/mol. The predicted octanol–water partition coefficient (Wildman–Crippen LogP) is 9.91. The van der Waals surface area contributed by atoms with Crippen LogP contribution >= 0.6 is 0 Å². The molecule has 0 spiro atoms. The first kappa shape index (κ1) is 34.0. The number of aryl methyl sites for hydroxylation is 4. The van der Waals surface area contributed by atoms with Crippen LogP contribution in [0.4, 0.5) is 0 Å². The van der Waals surface area contributed by atoms with Gasteiger partial charge in [0.1, 0.15) is 23.0 Å². The van der Waals surface area contributed by atoms with Crippen LogP contribution in [-0.2, 0) is 10.8 Å². The minimum absolute atomic E-state index is 0.317. The van der Waals surface area contributed by atoms with Gasteiger partial charge in [-0.25, -0.2) is 0 Å². The molecule has 0 saturated heterocycles. The number of hydrogen-bond donors (Lipinski definition) is 4. The van der Waals surface area contributed by atoms with Crippen LogP contribution in [0.2, 0.25) is 0 Å². The second-order valence-electron chi connectivity index (χ2n) is 14.2. The third kappa shape index (κ3) is 5.16. The average Bonchev–Trinajstić information content (AvgIpc) is 2.99. The number of hydrogen-bond acceptors (Lipinski definition) is 4. The molecule has 0 unspecified atom stereocenters. The number of benzene rings is 4. The SMILES string of the molecule is Cc1cc(C(C)(CC(C)(c2cc(C)c(O)c(C)c2C)c2cc(C)c(O)c(C)c2C)c2cc(C)c(O)c(C)c2C)c(C)c(C)c1O. The van der Waals surface area contributed by atoms with Crippen molar-refractivity contribution in [2.24, 2.45) is 0 Å². The van der Waals surface area contributed by atoms with E-state index in [2.05, 4.69) is 65.8 Å². The molecule has 4 aromatic rings. The maximum atomic E-state index is 11.0. The van der Waals surface area contributed by atoms with Crippen LogP contribution in [0.15, 0.2) is 24.3 Å². The van der Waals surface area contributed by atoms with Crippen molar-refractivity contribution in [3.8, 4) is 23.0 Å². The van der Waals surface area contributed by atoms with E-state index in [0.717, 1.165) is 89.0 Å². The van der Waals surface area contributed by atoms with E-state index in [0.29, 0.717) is 29.4 Å². The standard InChI is InChI=1S/C41H52O4/c1-20-15-32(24(5)28(9)36(20)42)40(13,33-16-21(2)37(43)29(10)25(33)6)19-41(14,34-17-22(3)38(44)30(11)26(34)7)35-18-23(4)39(45)31(12)27(35)8/h15-18,42-45H,19H2,1-14H3. The highest BCUT2D eigenvalue weighted by Gasteiger charge is 2.44. The molecule has 4 N–H and O–H groups in total. The monoisotopic (exact) mass is 608 g/mol. The summed E-state index contributed by atoms with van der Waals surface area (Å²) >= 11 is 0. The molecule has 0 radical (unpaired) electrons. The minimum Gasteiger partial charge on any atom is -0.507 e. The lowest BCUT2D eigenvalue weighted by Gasteiger charge is -2.45. The maximum Gasteiger partial charge on any atom is 0.121 e. The highest BCUT2D eigenvalue weighted by molar-refractivity contribution is 5.62. The van der Waals surface area contributed by atoms with Crippen molar-refractivity contribution in [2.45, 2.75) is 114 Å². The van der Waals surface area contributed by atoms with E-state index in [1.165, 1.54) is 0 Å². The van der Waals surface area contributed by atoms with Crippen LogP contribution in [0.5, 0.6) is 23.0 Å². The fraction of sp³-hybridized carbons (Fsp3) is 0.415. The zero-order chi connectivity index (χ0) is 34.1. The van der Waals surface area contributed by atoms with E-state index in [4.69, 9.17) is 0 Å². The van der Waals surface area contributed by atoms with Crippen molar-refractivity contribution in [2.75, 3.05) is 0 Å². The van der Waals surface area contributed by atoms with Gasteiger partial charge in [0.2, 0.25) is 0 Å². The van der Waals surface area contributed by atoms with Crippen LogP contribution in [0, 0.1) is 83.1 Å². The van der Waals surface area contributed by atoms with Crippen LogP contribution in [0.25, 0.3) is 0 Å². The van der Waals surface area contributed by atoms with E-state index < -0.39 is 10.8 Å². The van der Waals surface area contributed by atoms with Crippen molar-refractivity contribution in [3.05, 3.63) is 113 Å². The van der Waals surface area contributed by atoms with Gasteiger partial charge < -0.3 is 20.4 Å². The molecule has 0 saturated carbocycles. The summed E-state index contributed by atoms with van der Waals surface area (Å²) in [7, 11) is 0. The van der Waals surface area contributed by atoms with E-state index in [9.17, 15) is 20.4 Å². The third-order valence-corrected chi connectivity index (χ3v) is 11.3. The first-order valence-electron chi connectivity index (χ1n) is 15.9. The van der Waals surface area contributed by atoms with Gasteiger partial charge in [-0.05, 0) is 179 Å². The van der Waals surface area contributed by atoms with Gasteiger partial charge in [-0.2, -0.15) is 0 Å². The Morgan fingerprint density at radius 2 is 0.533 bits per heavy atom. The van der Waals surface area contributed by atoms with Gasteiger partial charge in [-0.15, -0.1) is 0 Å². The van der Waals surface area contributed by atoms with Crippen molar-refractivity contribution < 1.29 is 20.4 Å². The summed E-state index contributed by atoms with van der Waals surface area (Å²) in [6.45, 7) is 28.7. The summed E-state index contributed by atoms with van der Waals surface area (Å²) in [6.07, 6.45) is 0.643. The van der Waals surface area contributed by atoms with Crippen LogP contribution in [0.3, 0.4) is 0 Å². The number of phenolic OH excluding ortho intramolecular Hbond substituents is 4. The average molecular weight is 609 g/mol. The van der Waals surface area contributed by atoms with Crippen LogP contribution in [-0.4, -0.2) is 20.4 Å². The molecule has 0 atom stereocenters. The van der Waals surface area contributed by atoms with Crippen molar-refractivity contribution >= 4 is 0 Å². The van der Waals surface area contributed by atoms with E-state index in [-0.39, 0.29) is 0 Å². The maximum absolute atomic E-state index is 11.0. The van der Waals surface area contributed by atoms with E-state index in [1.54, 1.807) is 0 Å². The van der Waals surface area contributed by atoms with Crippen molar-refractivity contribution in [1.82, 2.24) is 0 Å². The van der Waals surface area contributed by atoms with Crippen molar-refractivity contribution in [3.63, 3.8) is 0 Å². The number of rotatable bonds is 6. The molecule has 0 bridgehead atoms. The molecule has 45 heavy (non-hydrogen) atoms. The second-order valence-corrected chi connectivity index (χ2v) is 14.2. The molecule has 0 aliphatic carbocycles. The first-order chi connectivity index (χ1) is 20.7. The zero-order valence-electron chi connectivity index (χ0n) is 29.8. The fourth-order valence-corrected chi connectivity index (χ4v) is 7.94. The smallest absolute Gasteiger partial charge is 0.121 e. The number of aromatic hydroxyl groups is 4. The summed E-state index contributed by atoms with van der Waals surface area (Å²) in [5.74, 6) is 1.27. The Morgan fingerprint density at radius 3 is 0.711 bits per heavy atom. The molecule has 4 heteroatoms. The molecule has 240 valence electrons. The van der Waals surface area contributed by atoms with Gasteiger partial charge in [0.25, 0.3) is 0 Å². The molecular formula is C41H52O4. The molecule has 4 rings (SSSR count). The Kier molecular flexibility index (Phi) is 8.65. The summed E-state index contributed by atoms with van der Waals surface area (Å²) < 4.78 is 0. The Hall–Kier alpha value is -3.92. The second kappa shape index (κ2) is 11.5. The lowest BCUT2D eigenvalue weighted by molar-refractivity contribution is 0.383. The molecular weight excluding hydrogens is 556 g/mol. The Bertz CT molecular complexity index is 1600. The lowest BCUT2D eigenvalue weighted by Crippen LogP contribution is -2.38. The third-order valence-electron chi connectivity index (χ3n) is 11.3. The Morgan fingerprint density at radius 1 is 0.356 bits per heavy atom. The van der Waals surface area contributed by atoms with Gasteiger partial charge in [0.05, 0.1) is 0 Å². The Labute approximate surface area is 270 Å². The molecule has 0 aliphatic heterocycles. The highest BCUT2D eigenvalue weighted by atomic mass is 16.3. The van der Waals surface area contributed by atoms with Gasteiger partial charge in [-0.3, -0.25) is 0 Å². The topological polar surface area (TPSA) is 80.9 Å². The minimum atomic E-state index is -0.590. The summed E-state index contributed by atoms with van der Waals surface area (Å²) in [5.41, 5.74) is 14.2. The molecule has 0 heterocycles. The molecule has 0 amide bonds. The van der Waals surface area contributed by atoms with Crippen LogP contribution < -0.4 is 0 Å². The molecule has 0 aromatic heterocycles. The molecule has 0 fully saturated rings. The molecule has 0 aliphatic rings. The van der Waals surface area contributed by atoms with Crippen molar-refractivity contribution in [1.29, 1.82) is 0 Å². The first-order valence-corrected chi connectivity index (χ1v) is 15.9. The lowest BCUT2D eigenvalue weighted by atomic mass is 9.58. The highest BCUT2D eigenvalue weighted by Crippen LogP contribution is 2.53. The van der Waals surface area contributed by atoms with E-state index in [1.807, 2.05) is 55.4 Å². The quantitative estimate of drug-likeness (QED) is 0.176. The van der Waals surface area contributed by atoms with Gasteiger partial charge in [-0.1, -0.05) is 38.1 Å². The van der Waals surface area contributed by atoms with Gasteiger partial charge in [0, 0.05) is 10.8 Å². The fourth-order valence-electron chi connectivity index (χ4n) is 7.94. The van der Waals surface area contributed by atoms with Gasteiger partial charge >= 0.3 is 0 Å². The summed E-state index contributed by atoms with van der Waals surface area (Å²) in [4.78, 5) is 0. The molecule has 4 aromatic carbocycles. The summed E-state index contributed by atoms with van der Waals surface area (Å²) in [5, 5.41) is 43.9. The Balaban J connectivity index is 2.25. The normalized spacial score (nSPS) is 12.2. The van der Waals surface area contributed by atoms with E-state index >= 15 is 0 Å². The largest absolute Gasteiger partial charge is 0.507 e. The zero-order valence-corrected chi connectivity index (χ0v) is 29.8. The van der Waals surface area contributed by atoms with Crippen LogP contribution in [0.1, 0.15) is 109 Å². The number of phenols is 4.